The van der Waals surface area contributed by atoms with Gasteiger partial charge < -0.3 is 24.4 Å². The molecule has 1 aromatic carbocycles. The van der Waals surface area contributed by atoms with E-state index in [2.05, 4.69) is 0 Å². The second-order valence-corrected chi connectivity index (χ2v) is 5.14. The van der Waals surface area contributed by atoms with Crippen molar-refractivity contribution in [3.63, 3.8) is 0 Å². The smallest absolute Gasteiger partial charge is 0.194 e. The Morgan fingerprint density at radius 2 is 1.87 bits per heavy atom. The Morgan fingerprint density at radius 3 is 2.52 bits per heavy atom. The summed E-state index contributed by atoms with van der Waals surface area (Å²) >= 11 is 0. The number of hydrogen-bond acceptors (Lipinski definition) is 5. The first-order chi connectivity index (χ1) is 11.2. The lowest BCUT2D eigenvalue weighted by atomic mass is 10.1. The molecule has 2 aromatic rings. The zero-order chi connectivity index (χ0) is 16.2. The van der Waals surface area contributed by atoms with Crippen molar-refractivity contribution >= 4 is 6.08 Å². The van der Waals surface area contributed by atoms with Crippen LogP contribution in [-0.2, 0) is 16.0 Å². The number of benzene rings is 1. The minimum absolute atomic E-state index is 0.0185. The van der Waals surface area contributed by atoms with Gasteiger partial charge >= 0.3 is 0 Å². The van der Waals surface area contributed by atoms with E-state index in [9.17, 15) is 10.2 Å². The standard InChI is InChI=1S/C17H19NO5/c1-21-14-11-13(17-22-9-10-23-17)5-4-12(14)3-2-8-18-15(19)6-7-16(18)20/h2-7,11,17,19-20H,8-10H2,1H3. The molecule has 0 saturated carbocycles. The van der Waals surface area contributed by atoms with Gasteiger partial charge in [0.05, 0.1) is 20.3 Å². The second-order valence-electron chi connectivity index (χ2n) is 5.14. The van der Waals surface area contributed by atoms with E-state index in [1.807, 2.05) is 30.4 Å². The quantitative estimate of drug-likeness (QED) is 0.887. The molecule has 23 heavy (non-hydrogen) atoms. The van der Waals surface area contributed by atoms with Crippen molar-refractivity contribution in [2.45, 2.75) is 12.8 Å². The summed E-state index contributed by atoms with van der Waals surface area (Å²) in [7, 11) is 1.61. The van der Waals surface area contributed by atoms with Crippen molar-refractivity contribution in [1.29, 1.82) is 0 Å². The van der Waals surface area contributed by atoms with Gasteiger partial charge in [-0.05, 0) is 6.07 Å². The number of nitrogens with zero attached hydrogens (tertiary/aromatic N) is 1. The van der Waals surface area contributed by atoms with E-state index < -0.39 is 0 Å². The van der Waals surface area contributed by atoms with Crippen LogP contribution in [0.15, 0.2) is 36.4 Å². The van der Waals surface area contributed by atoms with Crippen molar-refractivity contribution in [3.8, 4) is 17.5 Å². The Hall–Kier alpha value is -2.44. The van der Waals surface area contributed by atoms with E-state index >= 15 is 0 Å². The number of rotatable bonds is 5. The van der Waals surface area contributed by atoms with Gasteiger partial charge in [0.1, 0.15) is 5.75 Å². The number of methoxy groups -OCH3 is 1. The molecule has 1 aromatic heterocycles. The summed E-state index contributed by atoms with van der Waals surface area (Å²) < 4.78 is 17.8. The predicted octanol–water partition coefficient (Wildman–Crippen LogP) is 2.67. The maximum Gasteiger partial charge on any atom is 0.194 e. The molecular weight excluding hydrogens is 298 g/mol. The molecule has 0 bridgehead atoms. The molecule has 1 saturated heterocycles. The lowest BCUT2D eigenvalue weighted by Crippen LogP contribution is -1.99. The molecule has 0 radical (unpaired) electrons. The summed E-state index contributed by atoms with van der Waals surface area (Å²) in [6, 6.07) is 8.63. The lowest BCUT2D eigenvalue weighted by Gasteiger charge is -2.12. The molecule has 1 aliphatic heterocycles. The highest BCUT2D eigenvalue weighted by Crippen LogP contribution is 2.29. The number of aromatic hydroxyl groups is 2. The Bertz CT molecular complexity index is 682. The summed E-state index contributed by atoms with van der Waals surface area (Å²) in [4.78, 5) is 0. The summed E-state index contributed by atoms with van der Waals surface area (Å²) in [5.74, 6) is 0.744. The largest absolute Gasteiger partial charge is 0.496 e. The van der Waals surface area contributed by atoms with Gasteiger partial charge in [0, 0.05) is 29.8 Å². The summed E-state index contributed by atoms with van der Waals surface area (Å²) in [5, 5.41) is 19.2. The van der Waals surface area contributed by atoms with Crippen LogP contribution in [0, 0.1) is 0 Å². The molecule has 0 amide bonds. The highest BCUT2D eigenvalue weighted by molar-refractivity contribution is 5.58. The fourth-order valence-electron chi connectivity index (χ4n) is 2.48. The van der Waals surface area contributed by atoms with Gasteiger partial charge in [-0.3, -0.25) is 4.57 Å². The number of hydrogen-bond donors (Lipinski definition) is 2. The minimum atomic E-state index is -0.337. The predicted molar refractivity (Wildman–Crippen MR) is 84.4 cm³/mol. The van der Waals surface area contributed by atoms with E-state index in [4.69, 9.17) is 14.2 Å². The summed E-state index contributed by atoms with van der Waals surface area (Å²) in [6.45, 7) is 1.54. The monoisotopic (exact) mass is 317 g/mol. The first kappa shape index (κ1) is 15.5. The number of allylic oxidation sites excluding steroid dienone is 1. The summed E-state index contributed by atoms with van der Waals surface area (Å²) in [5.41, 5.74) is 1.80. The zero-order valence-electron chi connectivity index (χ0n) is 12.8. The van der Waals surface area contributed by atoms with Crippen molar-refractivity contribution in [1.82, 2.24) is 4.57 Å². The van der Waals surface area contributed by atoms with Crippen LogP contribution in [0.2, 0.25) is 0 Å². The third kappa shape index (κ3) is 3.33. The van der Waals surface area contributed by atoms with Crippen LogP contribution in [0.4, 0.5) is 0 Å². The lowest BCUT2D eigenvalue weighted by molar-refractivity contribution is -0.0442. The van der Waals surface area contributed by atoms with Gasteiger partial charge in [0.2, 0.25) is 0 Å². The van der Waals surface area contributed by atoms with Crippen LogP contribution in [0.1, 0.15) is 17.4 Å². The molecule has 1 aliphatic rings. The van der Waals surface area contributed by atoms with E-state index in [0.29, 0.717) is 25.5 Å². The molecule has 0 spiro atoms. The molecule has 6 heteroatoms. The third-order valence-corrected chi connectivity index (χ3v) is 3.67. The number of aromatic nitrogens is 1. The highest BCUT2D eigenvalue weighted by atomic mass is 16.7. The first-order valence-corrected chi connectivity index (χ1v) is 7.34. The molecule has 0 unspecified atom stereocenters. The molecule has 122 valence electrons. The van der Waals surface area contributed by atoms with Crippen molar-refractivity contribution in [2.75, 3.05) is 20.3 Å². The first-order valence-electron chi connectivity index (χ1n) is 7.34. The molecule has 1 fully saturated rings. The van der Waals surface area contributed by atoms with E-state index in [1.165, 1.54) is 16.7 Å². The van der Waals surface area contributed by atoms with Crippen LogP contribution < -0.4 is 4.74 Å². The molecular formula is C17H19NO5. The molecule has 0 atom stereocenters. The fraction of sp³-hybridized carbons (Fsp3) is 0.294. The van der Waals surface area contributed by atoms with Gasteiger partial charge in [-0.15, -0.1) is 0 Å². The minimum Gasteiger partial charge on any atom is -0.496 e. The molecule has 2 N–H and O–H groups in total. The second kappa shape index (κ2) is 6.76. The normalized spacial score (nSPS) is 15.5. The maximum absolute atomic E-state index is 9.60. The van der Waals surface area contributed by atoms with Crippen LogP contribution in [0.5, 0.6) is 17.5 Å². The fourth-order valence-corrected chi connectivity index (χ4v) is 2.48. The SMILES string of the molecule is COc1cc(C2OCCO2)ccc1C=CCn1c(O)ccc1O. The number of ether oxygens (including phenoxy) is 3. The summed E-state index contributed by atoms with van der Waals surface area (Å²) in [6.07, 6.45) is 3.37. The Kier molecular flexibility index (Phi) is 4.55. The van der Waals surface area contributed by atoms with Gasteiger partial charge in [0.15, 0.2) is 18.1 Å². The van der Waals surface area contributed by atoms with Crippen molar-refractivity contribution in [3.05, 3.63) is 47.5 Å². The van der Waals surface area contributed by atoms with Gasteiger partial charge in [-0.1, -0.05) is 24.3 Å². The average Bonchev–Trinajstić information content (AvgIpc) is 3.20. The third-order valence-electron chi connectivity index (χ3n) is 3.67. The topological polar surface area (TPSA) is 73.1 Å². The van der Waals surface area contributed by atoms with Gasteiger partial charge in [-0.2, -0.15) is 0 Å². The zero-order valence-corrected chi connectivity index (χ0v) is 12.8. The van der Waals surface area contributed by atoms with Crippen molar-refractivity contribution < 1.29 is 24.4 Å². The van der Waals surface area contributed by atoms with Crippen molar-refractivity contribution in [2.24, 2.45) is 0 Å². The average molecular weight is 317 g/mol. The Balaban J connectivity index is 1.75. The Labute approximate surface area is 134 Å². The molecule has 3 rings (SSSR count). The van der Waals surface area contributed by atoms with Gasteiger partial charge in [0.25, 0.3) is 0 Å². The highest BCUT2D eigenvalue weighted by Gasteiger charge is 2.19. The van der Waals surface area contributed by atoms with Crippen LogP contribution in [-0.4, -0.2) is 35.1 Å². The van der Waals surface area contributed by atoms with E-state index in [1.54, 1.807) is 7.11 Å². The molecule has 2 heterocycles. The Morgan fingerprint density at radius 1 is 1.17 bits per heavy atom. The van der Waals surface area contributed by atoms with Crippen LogP contribution >= 0.6 is 0 Å². The molecule has 6 nitrogen and oxygen atoms in total. The van der Waals surface area contributed by atoms with Gasteiger partial charge in [-0.25, -0.2) is 0 Å². The van der Waals surface area contributed by atoms with Crippen LogP contribution in [0.25, 0.3) is 6.08 Å². The van der Waals surface area contributed by atoms with Crippen LogP contribution in [0.3, 0.4) is 0 Å². The maximum atomic E-state index is 9.60. The molecule has 0 aliphatic carbocycles. The van der Waals surface area contributed by atoms with E-state index in [-0.39, 0.29) is 18.1 Å². The van der Waals surface area contributed by atoms with E-state index in [0.717, 1.165) is 11.1 Å².